The lowest BCUT2D eigenvalue weighted by molar-refractivity contribution is -0.0371. The Hall–Kier alpha value is -1.00. The number of hydrogen-bond acceptors (Lipinski definition) is 2. The molecule has 2 atom stereocenters. The molecule has 1 aromatic carbocycles. The Morgan fingerprint density at radius 2 is 1.94 bits per heavy atom. The van der Waals surface area contributed by atoms with Crippen LogP contribution in [0.4, 0.5) is 8.78 Å². The molecule has 0 radical (unpaired) electrons. The van der Waals surface area contributed by atoms with Crippen LogP contribution < -0.4 is 0 Å². The summed E-state index contributed by atoms with van der Waals surface area (Å²) in [5.74, 6) is -1.69. The van der Waals surface area contributed by atoms with Gasteiger partial charge in [-0.25, -0.2) is 8.78 Å². The summed E-state index contributed by atoms with van der Waals surface area (Å²) in [7, 11) is 1.50. The molecule has 1 aromatic rings. The summed E-state index contributed by atoms with van der Waals surface area (Å²) in [6, 6.07) is 3.95. The zero-order valence-corrected chi connectivity index (χ0v) is 10.3. The number of ether oxygens (including phenoxy) is 1. The van der Waals surface area contributed by atoms with Gasteiger partial charge in [-0.3, -0.25) is 0 Å². The minimum atomic E-state index is -0.898. The normalized spacial score (nSPS) is 15.0. The number of aliphatic hydroxyl groups excluding tert-OH is 1. The molecule has 96 valence electrons. The van der Waals surface area contributed by atoms with E-state index in [1.807, 2.05) is 13.8 Å². The van der Waals surface area contributed by atoms with Gasteiger partial charge in [-0.1, -0.05) is 26.0 Å². The van der Waals surface area contributed by atoms with Gasteiger partial charge in [-0.2, -0.15) is 0 Å². The molecule has 17 heavy (non-hydrogen) atoms. The van der Waals surface area contributed by atoms with E-state index < -0.39 is 23.8 Å². The molecule has 4 heteroatoms. The summed E-state index contributed by atoms with van der Waals surface area (Å²) in [6.07, 6.45) is -1.20. The molecule has 0 aromatic heterocycles. The molecule has 2 unspecified atom stereocenters. The lowest BCUT2D eigenvalue weighted by Crippen LogP contribution is -2.34. The van der Waals surface area contributed by atoms with Crippen molar-refractivity contribution >= 4 is 0 Å². The first-order chi connectivity index (χ1) is 7.97. The maximum Gasteiger partial charge on any atom is 0.162 e. The zero-order valence-electron chi connectivity index (χ0n) is 10.3. The van der Waals surface area contributed by atoms with Gasteiger partial charge >= 0.3 is 0 Å². The molecule has 0 heterocycles. The summed E-state index contributed by atoms with van der Waals surface area (Å²) < 4.78 is 31.5. The van der Waals surface area contributed by atoms with Crippen LogP contribution in [-0.4, -0.2) is 24.4 Å². The van der Waals surface area contributed by atoms with Crippen molar-refractivity contribution in [2.24, 2.45) is 5.92 Å². The molecule has 0 aliphatic heterocycles. The van der Waals surface area contributed by atoms with Gasteiger partial charge in [0.05, 0.1) is 12.2 Å². The van der Waals surface area contributed by atoms with E-state index in [4.69, 9.17) is 4.74 Å². The van der Waals surface area contributed by atoms with Crippen molar-refractivity contribution in [2.45, 2.75) is 32.5 Å². The van der Waals surface area contributed by atoms with Crippen LogP contribution in [0.5, 0.6) is 0 Å². The highest BCUT2D eigenvalue weighted by atomic mass is 19.2. The first-order valence-corrected chi connectivity index (χ1v) is 5.61. The van der Waals surface area contributed by atoms with Crippen LogP contribution in [-0.2, 0) is 11.2 Å². The van der Waals surface area contributed by atoms with E-state index in [9.17, 15) is 13.9 Å². The van der Waals surface area contributed by atoms with Gasteiger partial charge in [0.15, 0.2) is 11.6 Å². The first kappa shape index (κ1) is 14.1. The number of benzene rings is 1. The third kappa shape index (κ3) is 3.48. The number of aliphatic hydroxyl groups is 1. The summed E-state index contributed by atoms with van der Waals surface area (Å²) in [4.78, 5) is 0. The highest BCUT2D eigenvalue weighted by Gasteiger charge is 2.23. The maximum atomic E-state index is 13.4. The number of hydrogen-bond donors (Lipinski definition) is 1. The van der Waals surface area contributed by atoms with E-state index in [2.05, 4.69) is 0 Å². The molecular weight excluding hydrogens is 226 g/mol. The standard InChI is InChI=1S/C13H18F2O2/c1-8(2)13(17-3)11(16)7-9-5-4-6-10(14)12(9)15/h4-6,8,11,13,16H,7H2,1-3H3. The fourth-order valence-corrected chi connectivity index (χ4v) is 1.92. The molecule has 1 rings (SSSR count). The maximum absolute atomic E-state index is 13.4. The largest absolute Gasteiger partial charge is 0.390 e. The summed E-state index contributed by atoms with van der Waals surface area (Å²) in [6.45, 7) is 3.80. The third-order valence-corrected chi connectivity index (χ3v) is 2.77. The number of methoxy groups -OCH3 is 1. The molecule has 0 saturated carbocycles. The Kier molecular flexibility index (Phi) is 5.02. The highest BCUT2D eigenvalue weighted by Crippen LogP contribution is 2.18. The van der Waals surface area contributed by atoms with Crippen molar-refractivity contribution in [3.63, 3.8) is 0 Å². The first-order valence-electron chi connectivity index (χ1n) is 5.61. The van der Waals surface area contributed by atoms with Crippen LogP contribution >= 0.6 is 0 Å². The van der Waals surface area contributed by atoms with Crippen molar-refractivity contribution in [3.8, 4) is 0 Å². The second-order valence-corrected chi connectivity index (χ2v) is 4.43. The average Bonchev–Trinajstić information content (AvgIpc) is 2.25. The zero-order chi connectivity index (χ0) is 13.0. The predicted octanol–water partition coefficient (Wildman–Crippen LogP) is 2.54. The smallest absolute Gasteiger partial charge is 0.162 e. The van der Waals surface area contributed by atoms with Crippen molar-refractivity contribution in [1.82, 2.24) is 0 Å². The van der Waals surface area contributed by atoms with Crippen LogP contribution in [0.15, 0.2) is 18.2 Å². The molecular formula is C13H18F2O2. The van der Waals surface area contributed by atoms with Crippen LogP contribution in [0.3, 0.4) is 0 Å². The Morgan fingerprint density at radius 1 is 1.29 bits per heavy atom. The fraction of sp³-hybridized carbons (Fsp3) is 0.538. The van der Waals surface area contributed by atoms with E-state index in [1.165, 1.54) is 19.2 Å². The molecule has 0 aliphatic carbocycles. The van der Waals surface area contributed by atoms with Crippen LogP contribution in [0.2, 0.25) is 0 Å². The van der Waals surface area contributed by atoms with Crippen molar-refractivity contribution in [1.29, 1.82) is 0 Å². The Bertz CT molecular complexity index is 366. The van der Waals surface area contributed by atoms with Gasteiger partial charge < -0.3 is 9.84 Å². The molecule has 0 aliphatic rings. The SMILES string of the molecule is COC(C(C)C)C(O)Cc1cccc(F)c1F. The van der Waals surface area contributed by atoms with Crippen LogP contribution in [0, 0.1) is 17.6 Å². The second kappa shape index (κ2) is 6.07. The van der Waals surface area contributed by atoms with Crippen LogP contribution in [0.1, 0.15) is 19.4 Å². The lowest BCUT2D eigenvalue weighted by atomic mass is 9.96. The summed E-state index contributed by atoms with van der Waals surface area (Å²) >= 11 is 0. The van der Waals surface area contributed by atoms with Crippen molar-refractivity contribution < 1.29 is 18.6 Å². The second-order valence-electron chi connectivity index (χ2n) is 4.43. The van der Waals surface area contributed by atoms with Crippen molar-refractivity contribution in [2.75, 3.05) is 7.11 Å². The Balaban J connectivity index is 2.80. The van der Waals surface area contributed by atoms with Gasteiger partial charge in [-0.15, -0.1) is 0 Å². The van der Waals surface area contributed by atoms with Crippen LogP contribution in [0.25, 0.3) is 0 Å². The number of rotatable bonds is 5. The van der Waals surface area contributed by atoms with E-state index in [1.54, 1.807) is 0 Å². The van der Waals surface area contributed by atoms with E-state index in [0.717, 1.165) is 6.07 Å². The monoisotopic (exact) mass is 244 g/mol. The van der Waals surface area contributed by atoms with Gasteiger partial charge in [0.1, 0.15) is 0 Å². The van der Waals surface area contributed by atoms with Gasteiger partial charge in [0.2, 0.25) is 0 Å². The molecule has 0 bridgehead atoms. The van der Waals surface area contributed by atoms with E-state index in [0.29, 0.717) is 0 Å². The molecule has 0 amide bonds. The minimum Gasteiger partial charge on any atom is -0.390 e. The fourth-order valence-electron chi connectivity index (χ4n) is 1.92. The molecule has 0 spiro atoms. The topological polar surface area (TPSA) is 29.5 Å². The highest BCUT2D eigenvalue weighted by molar-refractivity contribution is 5.19. The molecule has 0 fully saturated rings. The quantitative estimate of drug-likeness (QED) is 0.862. The average molecular weight is 244 g/mol. The van der Waals surface area contributed by atoms with Crippen molar-refractivity contribution in [3.05, 3.63) is 35.4 Å². The van der Waals surface area contributed by atoms with Gasteiger partial charge in [0.25, 0.3) is 0 Å². The minimum absolute atomic E-state index is 0.0419. The molecule has 2 nitrogen and oxygen atoms in total. The Labute approximate surface area is 100 Å². The van der Waals surface area contributed by atoms with E-state index in [-0.39, 0.29) is 17.9 Å². The molecule has 1 N–H and O–H groups in total. The van der Waals surface area contributed by atoms with Gasteiger partial charge in [-0.05, 0) is 17.5 Å². The Morgan fingerprint density at radius 3 is 2.47 bits per heavy atom. The van der Waals surface area contributed by atoms with Gasteiger partial charge in [0, 0.05) is 13.5 Å². The summed E-state index contributed by atoms with van der Waals surface area (Å²) in [5.41, 5.74) is 0.167. The number of halogens is 2. The molecule has 0 saturated heterocycles. The predicted molar refractivity (Wildman–Crippen MR) is 61.7 cm³/mol. The third-order valence-electron chi connectivity index (χ3n) is 2.77. The summed E-state index contributed by atoms with van der Waals surface area (Å²) in [5, 5.41) is 9.93. The van der Waals surface area contributed by atoms with E-state index >= 15 is 0 Å². The lowest BCUT2D eigenvalue weighted by Gasteiger charge is -2.25.